The summed E-state index contributed by atoms with van der Waals surface area (Å²) >= 11 is 7.98. The van der Waals surface area contributed by atoms with Gasteiger partial charge in [-0.25, -0.2) is 4.39 Å². The molecule has 1 aliphatic heterocycles. The molecule has 2 aromatic carbocycles. The van der Waals surface area contributed by atoms with Crippen molar-refractivity contribution >= 4 is 43.1 Å². The summed E-state index contributed by atoms with van der Waals surface area (Å²) in [6.45, 7) is 11.3. The molecule has 0 radical (unpaired) electrons. The standard InChI is InChI=1S/C24H27ClFN3OSSi/c1-24(2,3)32(5,6)30-20-9-10-29(23-15(13-27)11-16(26)12-17(20)23)19-7-8-21(31-4)22(25)18(19)14-28/h7-8,11-12,20H,9-10H2,1-6H3. The van der Waals surface area contributed by atoms with Gasteiger partial charge in [0.15, 0.2) is 8.32 Å². The molecule has 0 N–H and O–H groups in total. The summed E-state index contributed by atoms with van der Waals surface area (Å²) < 4.78 is 21.2. The Hall–Kier alpha value is -2.03. The predicted octanol–water partition coefficient (Wildman–Crippen LogP) is 7.55. The van der Waals surface area contributed by atoms with Crippen molar-refractivity contribution in [1.82, 2.24) is 0 Å². The van der Waals surface area contributed by atoms with Crippen molar-refractivity contribution < 1.29 is 8.82 Å². The van der Waals surface area contributed by atoms with Crippen LogP contribution in [0.3, 0.4) is 0 Å². The van der Waals surface area contributed by atoms with Gasteiger partial charge in [0, 0.05) is 17.0 Å². The van der Waals surface area contributed by atoms with Gasteiger partial charge in [-0.3, -0.25) is 0 Å². The first-order chi connectivity index (χ1) is 14.9. The Kier molecular flexibility index (Phi) is 6.98. The Balaban J connectivity index is 2.20. The van der Waals surface area contributed by atoms with Crippen molar-refractivity contribution in [1.29, 1.82) is 10.5 Å². The van der Waals surface area contributed by atoms with E-state index in [1.807, 2.05) is 23.3 Å². The lowest BCUT2D eigenvalue weighted by molar-refractivity contribution is 0.171. The zero-order valence-corrected chi connectivity index (χ0v) is 21.8. The Labute approximate surface area is 200 Å². The first-order valence-electron chi connectivity index (χ1n) is 10.4. The summed E-state index contributed by atoms with van der Waals surface area (Å²) in [7, 11) is -2.15. The molecule has 0 fully saturated rings. The van der Waals surface area contributed by atoms with Gasteiger partial charge in [0.1, 0.15) is 18.0 Å². The Bertz CT molecular complexity index is 1130. The molecule has 168 valence electrons. The highest BCUT2D eigenvalue weighted by Gasteiger charge is 2.41. The zero-order valence-electron chi connectivity index (χ0n) is 19.2. The summed E-state index contributed by atoms with van der Waals surface area (Å²) in [4.78, 5) is 2.72. The van der Waals surface area contributed by atoms with E-state index in [9.17, 15) is 14.9 Å². The highest BCUT2D eigenvalue weighted by atomic mass is 35.5. The predicted molar refractivity (Wildman–Crippen MR) is 132 cm³/mol. The van der Waals surface area contributed by atoms with Crippen LogP contribution in [0, 0.1) is 28.5 Å². The molecule has 0 saturated heterocycles. The minimum atomic E-state index is -2.15. The third-order valence-corrected chi connectivity index (χ3v) is 12.2. The zero-order chi connectivity index (χ0) is 23.8. The number of hydrogen-bond donors (Lipinski definition) is 0. The van der Waals surface area contributed by atoms with Crippen LogP contribution in [0.4, 0.5) is 15.8 Å². The molecule has 1 heterocycles. The van der Waals surface area contributed by atoms with Crippen LogP contribution in [0.2, 0.25) is 23.2 Å². The lowest BCUT2D eigenvalue weighted by Crippen LogP contribution is -2.43. The van der Waals surface area contributed by atoms with Gasteiger partial charge in [0.25, 0.3) is 0 Å². The number of anilines is 2. The van der Waals surface area contributed by atoms with E-state index in [4.69, 9.17) is 16.0 Å². The van der Waals surface area contributed by atoms with Crippen molar-refractivity contribution in [2.45, 2.75) is 56.3 Å². The SMILES string of the molecule is CSc1ccc(N2CCC(O[Si](C)(C)C(C)(C)C)c3cc(F)cc(C#N)c32)c(C#N)c1Cl. The second-order valence-electron chi connectivity index (χ2n) is 9.40. The molecule has 0 aromatic heterocycles. The van der Waals surface area contributed by atoms with E-state index in [0.717, 1.165) is 4.90 Å². The lowest BCUT2D eigenvalue weighted by Gasteiger charge is -2.43. The summed E-state index contributed by atoms with van der Waals surface area (Å²) in [5.74, 6) is -0.470. The van der Waals surface area contributed by atoms with Gasteiger partial charge >= 0.3 is 0 Å². The summed E-state index contributed by atoms with van der Waals surface area (Å²) in [6.07, 6.45) is 2.19. The lowest BCUT2D eigenvalue weighted by atomic mass is 9.94. The average Bonchev–Trinajstić information content (AvgIpc) is 2.72. The number of halogens is 2. The van der Waals surface area contributed by atoms with Gasteiger partial charge in [-0.2, -0.15) is 10.5 Å². The van der Waals surface area contributed by atoms with Crippen molar-refractivity contribution in [3.05, 3.63) is 51.8 Å². The molecule has 2 aromatic rings. The smallest absolute Gasteiger partial charge is 0.192 e. The highest BCUT2D eigenvalue weighted by Crippen LogP contribution is 2.48. The van der Waals surface area contributed by atoms with E-state index in [2.05, 4.69) is 46.0 Å². The minimum absolute atomic E-state index is 0.00909. The van der Waals surface area contributed by atoms with Gasteiger partial charge in [0.2, 0.25) is 0 Å². The molecule has 1 aliphatic rings. The van der Waals surface area contributed by atoms with Crippen LogP contribution in [0.15, 0.2) is 29.2 Å². The van der Waals surface area contributed by atoms with Crippen LogP contribution in [-0.4, -0.2) is 21.1 Å². The van der Waals surface area contributed by atoms with Gasteiger partial charge in [0.05, 0.1) is 33.6 Å². The number of rotatable bonds is 4. The molecule has 0 spiro atoms. The van der Waals surface area contributed by atoms with Gasteiger partial charge in [-0.05, 0) is 55.1 Å². The molecule has 0 bridgehead atoms. The Morgan fingerprint density at radius 3 is 2.47 bits per heavy atom. The maximum atomic E-state index is 14.5. The van der Waals surface area contributed by atoms with Crippen molar-refractivity contribution in [2.24, 2.45) is 0 Å². The molecule has 1 unspecified atom stereocenters. The van der Waals surface area contributed by atoms with Gasteiger partial charge < -0.3 is 9.33 Å². The van der Waals surface area contributed by atoms with Crippen molar-refractivity contribution in [3.8, 4) is 12.1 Å². The first kappa shape index (κ1) is 24.6. The highest BCUT2D eigenvalue weighted by molar-refractivity contribution is 7.98. The fourth-order valence-corrected chi connectivity index (χ4v) is 5.93. The molecule has 0 saturated carbocycles. The maximum absolute atomic E-state index is 14.5. The number of nitriles is 2. The van der Waals surface area contributed by atoms with E-state index in [1.54, 1.807) is 0 Å². The largest absolute Gasteiger partial charge is 0.410 e. The number of fused-ring (bicyclic) bond motifs is 1. The third kappa shape index (κ3) is 4.40. The van der Waals surface area contributed by atoms with E-state index in [1.165, 1.54) is 23.9 Å². The van der Waals surface area contributed by atoms with Gasteiger partial charge in [-0.15, -0.1) is 11.8 Å². The molecular weight excluding hydrogens is 461 g/mol. The normalized spacial score (nSPS) is 16.3. The molecule has 8 heteroatoms. The Morgan fingerprint density at radius 2 is 1.91 bits per heavy atom. The Morgan fingerprint density at radius 1 is 1.22 bits per heavy atom. The van der Waals surface area contributed by atoms with Crippen LogP contribution in [0.1, 0.15) is 50.0 Å². The van der Waals surface area contributed by atoms with Crippen LogP contribution in [0.25, 0.3) is 0 Å². The quantitative estimate of drug-likeness (QED) is 0.329. The van der Waals surface area contributed by atoms with E-state index in [-0.39, 0.29) is 16.7 Å². The third-order valence-electron chi connectivity index (χ3n) is 6.41. The molecule has 4 nitrogen and oxygen atoms in total. The maximum Gasteiger partial charge on any atom is 0.192 e. The van der Waals surface area contributed by atoms with Crippen LogP contribution < -0.4 is 4.90 Å². The number of hydrogen-bond acceptors (Lipinski definition) is 5. The second kappa shape index (κ2) is 9.07. The first-order valence-corrected chi connectivity index (χ1v) is 14.9. The van der Waals surface area contributed by atoms with Gasteiger partial charge in [-0.1, -0.05) is 32.4 Å². The molecule has 3 rings (SSSR count). The molecule has 32 heavy (non-hydrogen) atoms. The molecule has 0 amide bonds. The topological polar surface area (TPSA) is 60.0 Å². The van der Waals surface area contributed by atoms with E-state index in [0.29, 0.717) is 40.5 Å². The fourth-order valence-electron chi connectivity index (χ4n) is 3.70. The molecule has 1 atom stereocenters. The van der Waals surface area contributed by atoms with Crippen molar-refractivity contribution in [3.63, 3.8) is 0 Å². The van der Waals surface area contributed by atoms with Crippen molar-refractivity contribution in [2.75, 3.05) is 17.7 Å². The molecule has 0 aliphatic carbocycles. The van der Waals surface area contributed by atoms with Crippen LogP contribution in [-0.2, 0) is 4.43 Å². The monoisotopic (exact) mass is 487 g/mol. The van der Waals surface area contributed by atoms with Crippen LogP contribution in [0.5, 0.6) is 0 Å². The summed E-state index contributed by atoms with van der Waals surface area (Å²) in [5.41, 5.74) is 2.42. The summed E-state index contributed by atoms with van der Waals surface area (Å²) in [5, 5.41) is 20.1. The van der Waals surface area contributed by atoms with Crippen LogP contribution >= 0.6 is 23.4 Å². The number of thioether (sulfide) groups is 1. The summed E-state index contributed by atoms with van der Waals surface area (Å²) in [6, 6.07) is 10.8. The minimum Gasteiger partial charge on any atom is -0.410 e. The number of benzene rings is 2. The average molecular weight is 488 g/mol. The fraction of sp³-hybridized carbons (Fsp3) is 0.417. The van der Waals surface area contributed by atoms with E-state index >= 15 is 0 Å². The number of nitrogens with zero attached hydrogens (tertiary/aromatic N) is 3. The molecular formula is C24H27ClFN3OSSi. The van der Waals surface area contributed by atoms with E-state index < -0.39 is 14.1 Å². The second-order valence-corrected chi connectivity index (χ2v) is 15.4.